The van der Waals surface area contributed by atoms with Crippen molar-refractivity contribution in [2.75, 3.05) is 19.0 Å². The standard InChI is InChI=1S/C4H6Cl2N2O2S/c5-3-4-7-1-2-8(4)11(6,9)10/h1-3H2. The minimum Gasteiger partial charge on any atom is -0.268 e. The number of halogens is 2. The summed E-state index contributed by atoms with van der Waals surface area (Å²) in [4.78, 5) is 3.85. The van der Waals surface area contributed by atoms with Gasteiger partial charge in [0.25, 0.3) is 0 Å². The van der Waals surface area contributed by atoms with E-state index < -0.39 is 9.24 Å². The monoisotopic (exact) mass is 216 g/mol. The maximum Gasteiger partial charge on any atom is 0.322 e. The largest absolute Gasteiger partial charge is 0.322 e. The van der Waals surface area contributed by atoms with Gasteiger partial charge < -0.3 is 0 Å². The van der Waals surface area contributed by atoms with Gasteiger partial charge >= 0.3 is 9.24 Å². The predicted molar refractivity (Wildman–Crippen MR) is 44.5 cm³/mol. The fourth-order valence-electron chi connectivity index (χ4n) is 0.822. The lowest BCUT2D eigenvalue weighted by Gasteiger charge is -2.12. The Morgan fingerprint density at radius 1 is 1.64 bits per heavy atom. The lowest BCUT2D eigenvalue weighted by Crippen LogP contribution is -2.31. The Balaban J connectivity index is 2.85. The van der Waals surface area contributed by atoms with E-state index in [1.807, 2.05) is 0 Å². The van der Waals surface area contributed by atoms with Crippen LogP contribution in [-0.4, -0.2) is 37.5 Å². The molecule has 0 spiro atoms. The van der Waals surface area contributed by atoms with Crippen LogP contribution < -0.4 is 0 Å². The van der Waals surface area contributed by atoms with Gasteiger partial charge in [0.1, 0.15) is 5.84 Å². The summed E-state index contributed by atoms with van der Waals surface area (Å²) in [6.07, 6.45) is 0. The molecule has 0 atom stereocenters. The summed E-state index contributed by atoms with van der Waals surface area (Å²) >= 11 is 5.41. The molecular formula is C4H6Cl2N2O2S. The average molecular weight is 217 g/mol. The highest BCUT2D eigenvalue weighted by molar-refractivity contribution is 8.12. The van der Waals surface area contributed by atoms with Gasteiger partial charge in [0, 0.05) is 10.7 Å². The zero-order valence-corrected chi connectivity index (χ0v) is 7.82. The van der Waals surface area contributed by atoms with Gasteiger partial charge in [-0.3, -0.25) is 4.99 Å². The lowest BCUT2D eigenvalue weighted by molar-refractivity contribution is 0.553. The zero-order chi connectivity index (χ0) is 8.48. The Kier molecular flexibility index (Phi) is 2.61. The Labute approximate surface area is 74.4 Å². The molecule has 0 amide bonds. The van der Waals surface area contributed by atoms with Crippen molar-refractivity contribution in [1.29, 1.82) is 0 Å². The molecule has 0 unspecified atom stereocenters. The first kappa shape index (κ1) is 9.09. The van der Waals surface area contributed by atoms with Gasteiger partial charge in [-0.05, 0) is 0 Å². The third kappa shape index (κ3) is 1.98. The number of hydrogen-bond acceptors (Lipinski definition) is 3. The van der Waals surface area contributed by atoms with E-state index in [1.165, 1.54) is 0 Å². The summed E-state index contributed by atoms with van der Waals surface area (Å²) in [7, 11) is 1.40. The van der Waals surface area contributed by atoms with E-state index in [2.05, 4.69) is 4.99 Å². The molecule has 4 nitrogen and oxygen atoms in total. The van der Waals surface area contributed by atoms with E-state index in [9.17, 15) is 8.42 Å². The quantitative estimate of drug-likeness (QED) is 0.497. The number of nitrogens with zero attached hydrogens (tertiary/aromatic N) is 2. The molecule has 64 valence electrons. The molecule has 1 heterocycles. The summed E-state index contributed by atoms with van der Waals surface area (Å²) in [5.74, 6) is 0.396. The second-order valence-electron chi connectivity index (χ2n) is 1.95. The molecule has 0 saturated heterocycles. The first-order valence-electron chi connectivity index (χ1n) is 2.87. The van der Waals surface area contributed by atoms with Crippen LogP contribution in [0.25, 0.3) is 0 Å². The summed E-state index contributed by atoms with van der Waals surface area (Å²) in [6, 6.07) is 0. The van der Waals surface area contributed by atoms with E-state index in [4.69, 9.17) is 22.3 Å². The molecule has 0 N–H and O–H groups in total. The third-order valence-electron chi connectivity index (χ3n) is 1.27. The van der Waals surface area contributed by atoms with E-state index in [1.54, 1.807) is 0 Å². The number of hydrogen-bond donors (Lipinski definition) is 0. The van der Waals surface area contributed by atoms with Crippen molar-refractivity contribution < 1.29 is 8.42 Å². The summed E-state index contributed by atoms with van der Waals surface area (Å²) in [5, 5.41) is 0. The van der Waals surface area contributed by atoms with Gasteiger partial charge in [0.05, 0.1) is 19.0 Å². The van der Waals surface area contributed by atoms with Gasteiger partial charge in [-0.15, -0.1) is 11.6 Å². The predicted octanol–water partition coefficient (Wildman–Crippen LogP) is 0.423. The number of amidine groups is 1. The molecule has 0 fully saturated rings. The Morgan fingerprint density at radius 2 is 2.27 bits per heavy atom. The molecule has 1 aliphatic rings. The highest BCUT2D eigenvalue weighted by Gasteiger charge is 2.25. The molecule has 0 aliphatic carbocycles. The van der Waals surface area contributed by atoms with Crippen molar-refractivity contribution in [1.82, 2.24) is 4.31 Å². The van der Waals surface area contributed by atoms with Gasteiger partial charge in [-0.25, -0.2) is 4.31 Å². The normalized spacial score (nSPS) is 18.7. The van der Waals surface area contributed by atoms with Gasteiger partial charge in [0.15, 0.2) is 0 Å². The van der Waals surface area contributed by atoms with E-state index in [0.717, 1.165) is 4.31 Å². The first-order valence-corrected chi connectivity index (χ1v) is 5.67. The number of aliphatic imine (C=N–C) groups is 1. The number of rotatable bonds is 2. The molecule has 0 saturated carbocycles. The fourth-order valence-corrected chi connectivity index (χ4v) is 2.24. The van der Waals surface area contributed by atoms with E-state index in [-0.39, 0.29) is 5.88 Å². The van der Waals surface area contributed by atoms with Crippen molar-refractivity contribution in [3.8, 4) is 0 Å². The van der Waals surface area contributed by atoms with Gasteiger partial charge in [-0.1, -0.05) is 0 Å². The van der Waals surface area contributed by atoms with Crippen molar-refractivity contribution in [2.45, 2.75) is 0 Å². The first-order chi connectivity index (χ1) is 5.05. The minimum absolute atomic E-state index is 0.0753. The maximum atomic E-state index is 10.8. The molecule has 1 aliphatic heterocycles. The highest BCUT2D eigenvalue weighted by Crippen LogP contribution is 2.12. The summed E-state index contributed by atoms with van der Waals surface area (Å²) in [5.41, 5.74) is 0. The lowest BCUT2D eigenvalue weighted by atomic mass is 10.7. The van der Waals surface area contributed by atoms with Crippen LogP contribution in [0.5, 0.6) is 0 Å². The summed E-state index contributed by atoms with van der Waals surface area (Å²) in [6.45, 7) is 0.738. The molecular weight excluding hydrogens is 211 g/mol. The molecule has 0 aromatic heterocycles. The topological polar surface area (TPSA) is 49.7 Å². The van der Waals surface area contributed by atoms with Crippen LogP contribution in [-0.2, 0) is 9.24 Å². The van der Waals surface area contributed by atoms with Crippen molar-refractivity contribution in [3.63, 3.8) is 0 Å². The molecule has 0 radical (unpaired) electrons. The van der Waals surface area contributed by atoms with Crippen LogP contribution in [0.3, 0.4) is 0 Å². The SMILES string of the molecule is O=S(=O)(Cl)N1CCN=C1CCl. The van der Waals surface area contributed by atoms with Crippen LogP contribution in [0, 0.1) is 0 Å². The van der Waals surface area contributed by atoms with Crippen LogP contribution in [0.15, 0.2) is 4.99 Å². The van der Waals surface area contributed by atoms with Gasteiger partial charge in [-0.2, -0.15) is 8.42 Å². The Morgan fingerprint density at radius 3 is 2.64 bits per heavy atom. The Hall–Kier alpha value is -0.000000000000000111. The van der Waals surface area contributed by atoms with E-state index >= 15 is 0 Å². The maximum absolute atomic E-state index is 10.8. The summed E-state index contributed by atoms with van der Waals surface area (Å²) < 4.78 is 22.5. The molecule has 0 aromatic rings. The van der Waals surface area contributed by atoms with Gasteiger partial charge in [0.2, 0.25) is 0 Å². The fraction of sp³-hybridized carbons (Fsp3) is 0.750. The zero-order valence-electron chi connectivity index (χ0n) is 5.50. The second-order valence-corrected chi connectivity index (χ2v) is 4.65. The molecule has 11 heavy (non-hydrogen) atoms. The minimum atomic E-state index is -3.67. The molecule has 7 heteroatoms. The van der Waals surface area contributed by atoms with Crippen LogP contribution in [0.2, 0.25) is 0 Å². The van der Waals surface area contributed by atoms with Crippen LogP contribution in [0.1, 0.15) is 0 Å². The average Bonchev–Trinajstić information content (AvgIpc) is 2.31. The molecule has 1 rings (SSSR count). The molecule has 0 aromatic carbocycles. The van der Waals surface area contributed by atoms with Crippen molar-refractivity contribution in [2.24, 2.45) is 4.99 Å². The van der Waals surface area contributed by atoms with Crippen molar-refractivity contribution >= 4 is 37.4 Å². The van der Waals surface area contributed by atoms with E-state index in [0.29, 0.717) is 18.9 Å². The third-order valence-corrected chi connectivity index (χ3v) is 2.93. The Bertz CT molecular complexity index is 274. The van der Waals surface area contributed by atoms with Crippen molar-refractivity contribution in [3.05, 3.63) is 0 Å². The smallest absolute Gasteiger partial charge is 0.268 e. The molecule has 0 bridgehead atoms. The van der Waals surface area contributed by atoms with Crippen LogP contribution >= 0.6 is 22.3 Å². The van der Waals surface area contributed by atoms with Crippen LogP contribution in [0.4, 0.5) is 0 Å². The number of alkyl halides is 1. The second kappa shape index (κ2) is 3.16. The highest BCUT2D eigenvalue weighted by atomic mass is 35.7.